The minimum Gasteiger partial charge on any atom is -0.372 e. The van der Waals surface area contributed by atoms with Gasteiger partial charge in [-0.1, -0.05) is 44.7 Å². The van der Waals surface area contributed by atoms with E-state index in [2.05, 4.69) is 28.9 Å². The lowest BCUT2D eigenvalue weighted by molar-refractivity contribution is 0.348. The van der Waals surface area contributed by atoms with Crippen molar-refractivity contribution in [3.8, 4) is 0 Å². The van der Waals surface area contributed by atoms with Gasteiger partial charge >= 0.3 is 5.69 Å². The van der Waals surface area contributed by atoms with E-state index in [9.17, 15) is 4.91 Å². The van der Waals surface area contributed by atoms with Gasteiger partial charge in [-0.15, -0.1) is 0 Å². The molecular weight excluding hydrogens is 288 g/mol. The average Bonchev–Trinajstić information content (AvgIpc) is 2.57. The second-order valence-electron chi connectivity index (χ2n) is 6.45. The Morgan fingerprint density at radius 1 is 1.22 bits per heavy atom. The zero-order valence-corrected chi connectivity index (χ0v) is 14.9. The normalized spacial score (nSPS) is 11.1. The third-order valence-corrected chi connectivity index (χ3v) is 4.45. The molecule has 1 aromatic carbocycles. The number of aryl methyl sites for hydroxylation is 1. The van der Waals surface area contributed by atoms with E-state index in [4.69, 9.17) is 5.39 Å². The van der Waals surface area contributed by atoms with Gasteiger partial charge < -0.3 is 4.90 Å². The number of diazo groups is 1. The van der Waals surface area contributed by atoms with E-state index >= 15 is 0 Å². The van der Waals surface area contributed by atoms with Crippen LogP contribution in [0.2, 0.25) is 0 Å². The molecule has 126 valence electrons. The summed E-state index contributed by atoms with van der Waals surface area (Å²) in [6, 6.07) is 5.68. The predicted octanol–water partition coefficient (Wildman–Crippen LogP) is 5.80. The summed E-state index contributed by atoms with van der Waals surface area (Å²) in [5, 5.41) is 12.5. The van der Waals surface area contributed by atoms with Crippen molar-refractivity contribution in [1.82, 2.24) is 0 Å². The number of nitroso groups, excluding NO2 is 1. The molecule has 0 fully saturated rings. The van der Waals surface area contributed by atoms with E-state index in [0.29, 0.717) is 12.2 Å². The SMILES string of the molecule is CCCCC(CCCC)(CN(C)c1ccc([N+]#N)c(C)c1)N=O. The van der Waals surface area contributed by atoms with Crippen molar-refractivity contribution in [3.63, 3.8) is 0 Å². The molecule has 5 heteroatoms. The smallest absolute Gasteiger partial charge is 0.372 e. The van der Waals surface area contributed by atoms with Gasteiger partial charge in [0.15, 0.2) is 4.98 Å². The maximum Gasteiger partial charge on any atom is 0.388 e. The first-order valence-electron chi connectivity index (χ1n) is 8.53. The summed E-state index contributed by atoms with van der Waals surface area (Å²) in [4.78, 5) is 17.0. The van der Waals surface area contributed by atoms with Gasteiger partial charge in [0.25, 0.3) is 0 Å². The van der Waals surface area contributed by atoms with Gasteiger partial charge in [-0.05, 0) is 31.9 Å². The predicted molar refractivity (Wildman–Crippen MR) is 96.8 cm³/mol. The van der Waals surface area contributed by atoms with Gasteiger partial charge in [-0.25, -0.2) is 0 Å². The third-order valence-electron chi connectivity index (χ3n) is 4.45. The van der Waals surface area contributed by atoms with E-state index < -0.39 is 5.54 Å². The molecule has 0 N–H and O–H groups in total. The second-order valence-corrected chi connectivity index (χ2v) is 6.45. The molecule has 1 rings (SSSR count). The molecule has 0 radical (unpaired) electrons. The summed E-state index contributed by atoms with van der Waals surface area (Å²) in [7, 11) is 1.99. The summed E-state index contributed by atoms with van der Waals surface area (Å²) in [6.45, 7) is 6.80. The van der Waals surface area contributed by atoms with E-state index in [1.807, 2.05) is 26.1 Å². The highest BCUT2D eigenvalue weighted by atomic mass is 16.3. The van der Waals surface area contributed by atoms with E-state index in [0.717, 1.165) is 49.8 Å². The van der Waals surface area contributed by atoms with Crippen LogP contribution in [-0.4, -0.2) is 19.1 Å². The maximum atomic E-state index is 11.6. The number of nitrogens with zero attached hydrogens (tertiary/aromatic N) is 4. The Labute approximate surface area is 139 Å². The molecule has 0 bridgehead atoms. The molecule has 0 aliphatic rings. The number of unbranched alkanes of at least 4 members (excludes halogenated alkanes) is 2. The number of anilines is 1. The molecule has 0 saturated heterocycles. The minimum atomic E-state index is -0.519. The van der Waals surface area contributed by atoms with Crippen molar-refractivity contribution in [1.29, 1.82) is 5.39 Å². The maximum absolute atomic E-state index is 11.6. The standard InChI is InChI=1S/C18H29N4O/c1-5-7-11-18(21-23,12-8-6-2)14-22(4)16-9-10-17(20-19)15(3)13-16/h9-10,13H,5-8,11-12,14H2,1-4H3/q+1. The fraction of sp³-hybridized carbons (Fsp3) is 0.667. The van der Waals surface area contributed by atoms with Crippen molar-refractivity contribution in [2.75, 3.05) is 18.5 Å². The van der Waals surface area contributed by atoms with Crippen LogP contribution in [0.15, 0.2) is 23.4 Å². The Morgan fingerprint density at radius 3 is 2.26 bits per heavy atom. The Bertz CT molecular complexity index is 542. The summed E-state index contributed by atoms with van der Waals surface area (Å²) in [5.41, 5.74) is 1.97. The molecule has 23 heavy (non-hydrogen) atoms. The lowest BCUT2D eigenvalue weighted by Crippen LogP contribution is -2.40. The fourth-order valence-electron chi connectivity index (χ4n) is 2.94. The summed E-state index contributed by atoms with van der Waals surface area (Å²) < 4.78 is 0. The van der Waals surface area contributed by atoms with Gasteiger partial charge in [0.2, 0.25) is 5.39 Å². The highest BCUT2D eigenvalue weighted by molar-refractivity contribution is 5.60. The largest absolute Gasteiger partial charge is 0.388 e. The number of benzene rings is 1. The highest BCUT2D eigenvalue weighted by Crippen LogP contribution is 2.30. The summed E-state index contributed by atoms with van der Waals surface area (Å²) in [6.07, 6.45) is 5.84. The van der Waals surface area contributed by atoms with Crippen LogP contribution >= 0.6 is 0 Å². The van der Waals surface area contributed by atoms with Crippen LogP contribution in [0.3, 0.4) is 0 Å². The Kier molecular flexibility index (Phi) is 7.67. The number of hydrogen-bond donors (Lipinski definition) is 0. The van der Waals surface area contributed by atoms with E-state index in [-0.39, 0.29) is 0 Å². The van der Waals surface area contributed by atoms with Crippen LogP contribution in [0.5, 0.6) is 0 Å². The lowest BCUT2D eigenvalue weighted by Gasteiger charge is -2.32. The summed E-state index contributed by atoms with van der Waals surface area (Å²) >= 11 is 0. The van der Waals surface area contributed by atoms with Crippen molar-refractivity contribution < 1.29 is 0 Å². The van der Waals surface area contributed by atoms with Crippen LogP contribution in [0, 0.1) is 17.2 Å². The number of likely N-dealkylation sites (N-methyl/N-ethyl adjacent to an activating group) is 1. The first-order valence-corrected chi connectivity index (χ1v) is 8.53. The van der Waals surface area contributed by atoms with Crippen molar-refractivity contribution in [3.05, 3.63) is 33.6 Å². The van der Waals surface area contributed by atoms with Crippen molar-refractivity contribution in [2.24, 2.45) is 5.18 Å². The summed E-state index contributed by atoms with van der Waals surface area (Å²) in [5.74, 6) is 0. The number of rotatable bonds is 10. The van der Waals surface area contributed by atoms with Crippen LogP contribution in [-0.2, 0) is 0 Å². The van der Waals surface area contributed by atoms with Gasteiger partial charge in [-0.2, -0.15) is 4.91 Å². The third kappa shape index (κ3) is 5.31. The quantitative estimate of drug-likeness (QED) is 0.404. The van der Waals surface area contributed by atoms with Gasteiger partial charge in [-0.3, -0.25) is 0 Å². The first kappa shape index (κ1) is 19.1. The molecule has 0 heterocycles. The van der Waals surface area contributed by atoms with Crippen LogP contribution in [0.1, 0.15) is 57.9 Å². The topological polar surface area (TPSA) is 60.8 Å². The second kappa shape index (κ2) is 9.24. The van der Waals surface area contributed by atoms with Gasteiger partial charge in [0.05, 0.1) is 0 Å². The van der Waals surface area contributed by atoms with Crippen LogP contribution in [0.25, 0.3) is 4.98 Å². The Morgan fingerprint density at radius 2 is 1.83 bits per heavy atom. The lowest BCUT2D eigenvalue weighted by atomic mass is 9.87. The highest BCUT2D eigenvalue weighted by Gasteiger charge is 2.32. The first-order chi connectivity index (χ1) is 11.0. The van der Waals surface area contributed by atoms with E-state index in [1.165, 1.54) is 0 Å². The molecule has 0 spiro atoms. The molecule has 0 aliphatic heterocycles. The molecule has 0 saturated carbocycles. The van der Waals surface area contributed by atoms with Crippen molar-refractivity contribution in [2.45, 2.75) is 64.8 Å². The van der Waals surface area contributed by atoms with Gasteiger partial charge in [0.1, 0.15) is 5.54 Å². The van der Waals surface area contributed by atoms with Crippen molar-refractivity contribution >= 4 is 11.4 Å². The molecule has 0 aromatic heterocycles. The molecule has 5 nitrogen and oxygen atoms in total. The Balaban J connectivity index is 2.94. The molecule has 0 unspecified atom stereocenters. The minimum absolute atomic E-state index is 0.519. The molecule has 1 aromatic rings. The van der Waals surface area contributed by atoms with Crippen LogP contribution < -0.4 is 4.90 Å². The number of hydrogen-bond acceptors (Lipinski definition) is 4. The molecular formula is C18H29N4O+. The Hall–Kier alpha value is -1.96. The van der Waals surface area contributed by atoms with Gasteiger partial charge in [0, 0.05) is 30.9 Å². The van der Waals surface area contributed by atoms with Crippen LogP contribution in [0.4, 0.5) is 11.4 Å². The molecule has 0 atom stereocenters. The molecule has 0 amide bonds. The monoisotopic (exact) mass is 317 g/mol. The zero-order valence-electron chi connectivity index (χ0n) is 14.9. The van der Waals surface area contributed by atoms with E-state index in [1.54, 1.807) is 6.07 Å². The molecule has 0 aliphatic carbocycles. The average molecular weight is 317 g/mol. The fourth-order valence-corrected chi connectivity index (χ4v) is 2.94. The zero-order chi connectivity index (χ0) is 17.3.